The highest BCUT2D eigenvalue weighted by Crippen LogP contribution is 2.37. The first-order valence-corrected chi connectivity index (χ1v) is 8.49. The number of amides is 1. The topological polar surface area (TPSA) is 45.6 Å². The molecule has 0 fully saturated rings. The zero-order valence-electron chi connectivity index (χ0n) is 13.7. The van der Waals surface area contributed by atoms with Gasteiger partial charge in [0.05, 0.1) is 17.3 Å². The van der Waals surface area contributed by atoms with Crippen LogP contribution in [0.1, 0.15) is 30.5 Å². The van der Waals surface area contributed by atoms with Gasteiger partial charge >= 0.3 is 0 Å². The van der Waals surface area contributed by atoms with E-state index < -0.39 is 0 Å². The smallest absolute Gasteiger partial charge is 0.240 e. The van der Waals surface area contributed by atoms with Crippen molar-refractivity contribution in [3.63, 3.8) is 0 Å². The normalized spacial score (nSPS) is 17.0. The third kappa shape index (κ3) is 2.89. The van der Waals surface area contributed by atoms with Gasteiger partial charge in [0.2, 0.25) is 5.91 Å². The molecule has 124 valence electrons. The Morgan fingerprint density at radius 1 is 1.12 bits per heavy atom. The summed E-state index contributed by atoms with van der Waals surface area (Å²) < 4.78 is 0. The second kappa shape index (κ2) is 6.30. The molecular weight excluding hydrogens is 334 g/mol. The monoisotopic (exact) mass is 349 g/mol. The molecule has 0 radical (unpaired) electrons. The van der Waals surface area contributed by atoms with Crippen molar-refractivity contribution in [1.29, 1.82) is 0 Å². The lowest BCUT2D eigenvalue weighted by Crippen LogP contribution is -2.24. The van der Waals surface area contributed by atoms with E-state index in [0.717, 1.165) is 27.7 Å². The first-order chi connectivity index (χ1) is 12.1. The van der Waals surface area contributed by atoms with Crippen LogP contribution in [0.25, 0.3) is 10.9 Å². The summed E-state index contributed by atoms with van der Waals surface area (Å²) in [7, 11) is 0. The zero-order chi connectivity index (χ0) is 17.4. The van der Waals surface area contributed by atoms with Crippen LogP contribution in [0.4, 0.5) is 0 Å². The van der Waals surface area contributed by atoms with E-state index in [1.165, 1.54) is 11.9 Å². The molecule has 1 unspecified atom stereocenters. The second-order valence-corrected chi connectivity index (χ2v) is 6.42. The summed E-state index contributed by atoms with van der Waals surface area (Å²) in [5.74, 6) is -0.111. The lowest BCUT2D eigenvalue weighted by molar-refractivity contribution is -0.130. The molecule has 4 nitrogen and oxygen atoms in total. The third-order valence-corrected chi connectivity index (χ3v) is 4.71. The molecule has 1 aliphatic heterocycles. The van der Waals surface area contributed by atoms with Gasteiger partial charge < -0.3 is 0 Å². The Morgan fingerprint density at radius 3 is 2.60 bits per heavy atom. The Kier molecular flexibility index (Phi) is 3.98. The number of rotatable bonds is 2. The fraction of sp³-hybridized carbons (Fsp3) is 0.150. The van der Waals surface area contributed by atoms with Crippen LogP contribution in [0.3, 0.4) is 0 Å². The van der Waals surface area contributed by atoms with Crippen molar-refractivity contribution in [3.05, 3.63) is 76.9 Å². The van der Waals surface area contributed by atoms with Gasteiger partial charge in [-0.1, -0.05) is 60.1 Å². The second-order valence-electron chi connectivity index (χ2n) is 6.06. The molecule has 0 N–H and O–H groups in total. The van der Waals surface area contributed by atoms with Crippen molar-refractivity contribution in [1.82, 2.24) is 9.99 Å². The number of benzene rings is 2. The van der Waals surface area contributed by atoms with Crippen molar-refractivity contribution in [2.24, 2.45) is 5.10 Å². The van der Waals surface area contributed by atoms with Gasteiger partial charge in [0.1, 0.15) is 5.15 Å². The Labute approximate surface area is 150 Å². The van der Waals surface area contributed by atoms with Crippen LogP contribution < -0.4 is 0 Å². The van der Waals surface area contributed by atoms with Crippen molar-refractivity contribution >= 4 is 34.1 Å². The van der Waals surface area contributed by atoms with Crippen LogP contribution in [-0.4, -0.2) is 21.6 Å². The van der Waals surface area contributed by atoms with Gasteiger partial charge in [-0.25, -0.2) is 9.99 Å². The molecule has 0 saturated heterocycles. The summed E-state index contributed by atoms with van der Waals surface area (Å²) in [6, 6.07) is 19.5. The summed E-state index contributed by atoms with van der Waals surface area (Å²) in [4.78, 5) is 16.6. The van der Waals surface area contributed by atoms with Crippen molar-refractivity contribution in [3.8, 4) is 0 Å². The molecule has 1 atom stereocenters. The predicted molar refractivity (Wildman–Crippen MR) is 99.6 cm³/mol. The van der Waals surface area contributed by atoms with Gasteiger partial charge in [-0.15, -0.1) is 0 Å². The summed E-state index contributed by atoms with van der Waals surface area (Å²) in [6.45, 7) is 1.52. The molecular formula is C20H16ClN3O. The maximum atomic E-state index is 12.1. The van der Waals surface area contributed by atoms with E-state index >= 15 is 0 Å². The number of pyridine rings is 1. The Hall–Kier alpha value is -2.72. The van der Waals surface area contributed by atoms with Crippen LogP contribution in [0.5, 0.6) is 0 Å². The maximum Gasteiger partial charge on any atom is 0.240 e. The van der Waals surface area contributed by atoms with E-state index in [1.54, 1.807) is 0 Å². The fourth-order valence-corrected chi connectivity index (χ4v) is 3.46. The average molecular weight is 350 g/mol. The van der Waals surface area contributed by atoms with Gasteiger partial charge in [-0.2, -0.15) is 5.10 Å². The minimum Gasteiger partial charge on any atom is -0.273 e. The number of carbonyl (C=O) groups excluding carboxylic acids is 1. The van der Waals surface area contributed by atoms with E-state index in [0.29, 0.717) is 11.6 Å². The zero-order valence-corrected chi connectivity index (χ0v) is 14.4. The number of hydrogen-bond acceptors (Lipinski definition) is 3. The number of nitrogens with zero attached hydrogens (tertiary/aromatic N) is 3. The molecule has 4 rings (SSSR count). The van der Waals surface area contributed by atoms with Crippen LogP contribution in [0.15, 0.2) is 65.8 Å². The highest BCUT2D eigenvalue weighted by Gasteiger charge is 2.33. The fourth-order valence-electron chi connectivity index (χ4n) is 3.19. The highest BCUT2D eigenvalue weighted by molar-refractivity contribution is 6.30. The highest BCUT2D eigenvalue weighted by atomic mass is 35.5. The molecule has 0 spiro atoms. The minimum atomic E-state index is -0.239. The Morgan fingerprint density at radius 2 is 1.84 bits per heavy atom. The molecule has 25 heavy (non-hydrogen) atoms. The summed E-state index contributed by atoms with van der Waals surface area (Å²) >= 11 is 6.45. The van der Waals surface area contributed by atoms with Crippen molar-refractivity contribution in [2.45, 2.75) is 19.4 Å². The van der Waals surface area contributed by atoms with Gasteiger partial charge in [0.15, 0.2) is 0 Å². The van der Waals surface area contributed by atoms with E-state index in [-0.39, 0.29) is 11.9 Å². The molecule has 0 aliphatic carbocycles. The van der Waals surface area contributed by atoms with Crippen LogP contribution in [-0.2, 0) is 4.79 Å². The maximum absolute atomic E-state index is 12.1. The molecule has 1 aromatic heterocycles. The van der Waals surface area contributed by atoms with Crippen LogP contribution in [0, 0.1) is 0 Å². The summed E-state index contributed by atoms with van der Waals surface area (Å²) in [5, 5.41) is 7.48. The number of hydrogen-bond donors (Lipinski definition) is 0. The van der Waals surface area contributed by atoms with Gasteiger partial charge in [-0.05, 0) is 17.7 Å². The molecule has 5 heteroatoms. The van der Waals surface area contributed by atoms with E-state index in [9.17, 15) is 4.79 Å². The number of carbonyl (C=O) groups is 1. The minimum absolute atomic E-state index is 0.111. The Balaban J connectivity index is 1.77. The van der Waals surface area contributed by atoms with Gasteiger partial charge in [0.25, 0.3) is 0 Å². The SMILES string of the molecule is CC(=O)N1N=C(c2ccccc2)CC1c1cc2ccccc2nc1Cl. The number of hydrazone groups is 1. The van der Waals surface area contributed by atoms with E-state index in [4.69, 9.17) is 11.6 Å². The van der Waals surface area contributed by atoms with Crippen LogP contribution in [0.2, 0.25) is 5.15 Å². The Bertz CT molecular complexity index is 985. The number of aromatic nitrogens is 1. The third-order valence-electron chi connectivity index (χ3n) is 4.40. The number of halogens is 1. The predicted octanol–water partition coefficient (Wildman–Crippen LogP) is 4.59. The molecule has 0 saturated carbocycles. The van der Waals surface area contributed by atoms with E-state index in [1.807, 2.05) is 60.7 Å². The lowest BCUT2D eigenvalue weighted by Gasteiger charge is -2.21. The molecule has 0 bridgehead atoms. The molecule has 2 aromatic carbocycles. The van der Waals surface area contributed by atoms with Crippen molar-refractivity contribution in [2.75, 3.05) is 0 Å². The first kappa shape index (κ1) is 15.8. The molecule has 1 amide bonds. The standard InChI is InChI=1S/C20H16ClN3O/c1-13(25)24-19(12-18(23-24)14-7-3-2-4-8-14)16-11-15-9-5-6-10-17(15)22-20(16)21/h2-11,19H,12H2,1H3. The quantitative estimate of drug-likeness (QED) is 0.635. The van der Waals surface area contributed by atoms with Crippen LogP contribution >= 0.6 is 11.6 Å². The summed E-state index contributed by atoms with van der Waals surface area (Å²) in [6.07, 6.45) is 0.614. The largest absolute Gasteiger partial charge is 0.273 e. The van der Waals surface area contributed by atoms with Gasteiger partial charge in [0, 0.05) is 24.3 Å². The first-order valence-electron chi connectivity index (χ1n) is 8.11. The molecule has 2 heterocycles. The number of fused-ring (bicyclic) bond motifs is 1. The van der Waals surface area contributed by atoms with Crippen molar-refractivity contribution < 1.29 is 4.79 Å². The molecule has 3 aromatic rings. The average Bonchev–Trinajstić information content (AvgIpc) is 3.07. The lowest BCUT2D eigenvalue weighted by atomic mass is 9.98. The number of para-hydroxylation sites is 1. The molecule has 1 aliphatic rings. The summed E-state index contributed by atoms with van der Waals surface area (Å²) in [5.41, 5.74) is 3.56. The van der Waals surface area contributed by atoms with E-state index in [2.05, 4.69) is 10.1 Å². The van der Waals surface area contributed by atoms with Gasteiger partial charge in [-0.3, -0.25) is 4.79 Å².